The number of H-pyrrole nitrogens is 1. The summed E-state index contributed by atoms with van der Waals surface area (Å²) >= 11 is 0. The molecule has 2 saturated heterocycles. The summed E-state index contributed by atoms with van der Waals surface area (Å²) in [5.74, 6) is 0. The number of aromatic nitrogens is 2. The van der Waals surface area contributed by atoms with Gasteiger partial charge in [-0.25, -0.2) is 4.79 Å². The lowest BCUT2D eigenvalue weighted by Crippen LogP contribution is -2.37. The van der Waals surface area contributed by atoms with E-state index < -0.39 is 42.3 Å². The lowest BCUT2D eigenvalue weighted by molar-refractivity contribution is -0.0233. The van der Waals surface area contributed by atoms with Crippen LogP contribution in [0, 0.1) is 0 Å². The average molecular weight is 313 g/mol. The summed E-state index contributed by atoms with van der Waals surface area (Å²) in [6, 6.07) is -0.0831. The maximum absolute atomic E-state index is 12.0. The molecule has 122 valence electrons. The number of rotatable bonds is 3. The van der Waals surface area contributed by atoms with E-state index in [9.17, 15) is 19.8 Å². The van der Waals surface area contributed by atoms with E-state index in [0.717, 1.165) is 13.0 Å². The summed E-state index contributed by atoms with van der Waals surface area (Å²) in [4.78, 5) is 26.2. The van der Waals surface area contributed by atoms with Gasteiger partial charge in [0.1, 0.15) is 24.4 Å². The Hall–Kier alpha value is -1.52. The Labute approximate surface area is 125 Å². The first-order valence-electron chi connectivity index (χ1n) is 7.21. The minimum Gasteiger partial charge on any atom is -0.394 e. The molecule has 0 saturated carbocycles. The van der Waals surface area contributed by atoms with Crippen LogP contribution in [0.25, 0.3) is 0 Å². The standard InChI is InChI=1S/C13H19N3O6/c17-5-8-9(18)10(19)11(22-8)7-4-16(6-1-2-14-3-6)13(21)15-12(7)20/h4,6,8-11,14,17-19H,1-3,5H2,(H,15,20,21)/t6?,8-,9-,10-,11+/m1/s1. The van der Waals surface area contributed by atoms with Gasteiger partial charge < -0.3 is 25.4 Å². The van der Waals surface area contributed by atoms with E-state index in [1.165, 1.54) is 10.8 Å². The van der Waals surface area contributed by atoms with Crippen LogP contribution >= 0.6 is 0 Å². The SMILES string of the molecule is O=c1[nH]c(=O)n(C2CCNC2)cc1[C@@H]1O[C@H](CO)[C@@H](O)[C@H]1O. The van der Waals surface area contributed by atoms with E-state index in [1.54, 1.807) is 0 Å². The molecule has 0 amide bonds. The molecule has 1 aromatic rings. The van der Waals surface area contributed by atoms with Gasteiger partial charge in [0, 0.05) is 12.7 Å². The number of aliphatic hydroxyl groups is 3. The van der Waals surface area contributed by atoms with Crippen LogP contribution < -0.4 is 16.6 Å². The van der Waals surface area contributed by atoms with Crippen LogP contribution in [0.1, 0.15) is 24.1 Å². The molecule has 1 aromatic heterocycles. The summed E-state index contributed by atoms with van der Waals surface area (Å²) in [5, 5.41) is 32.1. The fourth-order valence-electron chi connectivity index (χ4n) is 3.01. The van der Waals surface area contributed by atoms with Crippen LogP contribution in [0.15, 0.2) is 15.8 Å². The van der Waals surface area contributed by atoms with Crippen LogP contribution in [-0.4, -0.2) is 62.9 Å². The zero-order valence-corrected chi connectivity index (χ0v) is 11.8. The van der Waals surface area contributed by atoms with Crippen LogP contribution in [0.3, 0.4) is 0 Å². The van der Waals surface area contributed by atoms with Crippen LogP contribution in [0.2, 0.25) is 0 Å². The lowest BCUT2D eigenvalue weighted by Gasteiger charge is -2.18. The summed E-state index contributed by atoms with van der Waals surface area (Å²) in [6.07, 6.45) is -2.56. The maximum Gasteiger partial charge on any atom is 0.328 e. The molecule has 3 rings (SSSR count). The second kappa shape index (κ2) is 5.94. The summed E-state index contributed by atoms with van der Waals surface area (Å²) in [5.41, 5.74) is -1.12. The predicted molar refractivity (Wildman–Crippen MR) is 74.6 cm³/mol. The number of nitrogens with one attached hydrogen (secondary N) is 2. The third kappa shape index (κ3) is 2.50. The van der Waals surface area contributed by atoms with Gasteiger partial charge in [-0.3, -0.25) is 14.3 Å². The number of hydrogen-bond donors (Lipinski definition) is 5. The van der Waals surface area contributed by atoms with E-state index in [-0.39, 0.29) is 11.6 Å². The minimum atomic E-state index is -1.34. The predicted octanol–water partition coefficient (Wildman–Crippen LogP) is -2.77. The molecule has 0 aromatic carbocycles. The largest absolute Gasteiger partial charge is 0.394 e. The van der Waals surface area contributed by atoms with Crippen LogP contribution in [0.5, 0.6) is 0 Å². The van der Waals surface area contributed by atoms with E-state index in [1.807, 2.05) is 0 Å². The number of aromatic amines is 1. The Balaban J connectivity index is 1.98. The molecule has 0 radical (unpaired) electrons. The molecule has 5 atom stereocenters. The Morgan fingerprint density at radius 3 is 2.68 bits per heavy atom. The highest BCUT2D eigenvalue weighted by atomic mass is 16.6. The third-order valence-corrected chi connectivity index (χ3v) is 4.27. The molecule has 5 N–H and O–H groups in total. The van der Waals surface area contributed by atoms with Gasteiger partial charge in [0.15, 0.2) is 0 Å². The summed E-state index contributed by atoms with van der Waals surface area (Å²) in [7, 11) is 0. The Morgan fingerprint density at radius 2 is 2.09 bits per heavy atom. The van der Waals surface area contributed by atoms with Gasteiger partial charge in [0.05, 0.1) is 18.2 Å². The monoisotopic (exact) mass is 313 g/mol. The van der Waals surface area contributed by atoms with Gasteiger partial charge in [0.2, 0.25) is 0 Å². The van der Waals surface area contributed by atoms with E-state index >= 15 is 0 Å². The molecule has 9 nitrogen and oxygen atoms in total. The molecule has 3 heterocycles. The topological polar surface area (TPSA) is 137 Å². The quantitative estimate of drug-likeness (QED) is 0.407. The second-order valence-electron chi connectivity index (χ2n) is 5.66. The van der Waals surface area contributed by atoms with Crippen LogP contribution in [0.4, 0.5) is 0 Å². The molecule has 1 unspecified atom stereocenters. The first-order valence-corrected chi connectivity index (χ1v) is 7.21. The highest BCUT2D eigenvalue weighted by Gasteiger charge is 2.44. The molecular formula is C13H19N3O6. The van der Waals surface area contributed by atoms with Gasteiger partial charge in [-0.1, -0.05) is 0 Å². The fraction of sp³-hybridized carbons (Fsp3) is 0.692. The molecule has 22 heavy (non-hydrogen) atoms. The van der Waals surface area contributed by atoms with E-state index in [4.69, 9.17) is 9.84 Å². The molecule has 2 fully saturated rings. The Bertz CT molecular complexity index is 650. The number of hydrogen-bond acceptors (Lipinski definition) is 7. The first-order chi connectivity index (χ1) is 10.5. The highest BCUT2D eigenvalue weighted by Crippen LogP contribution is 2.31. The van der Waals surface area contributed by atoms with Crippen molar-refractivity contribution in [2.24, 2.45) is 0 Å². The molecule has 2 aliphatic heterocycles. The highest BCUT2D eigenvalue weighted by molar-refractivity contribution is 5.15. The third-order valence-electron chi connectivity index (χ3n) is 4.27. The van der Waals surface area contributed by atoms with Gasteiger partial charge in [0.25, 0.3) is 5.56 Å². The van der Waals surface area contributed by atoms with E-state index in [2.05, 4.69) is 10.3 Å². The molecular weight excluding hydrogens is 294 g/mol. The molecule has 0 aliphatic carbocycles. The molecule has 0 bridgehead atoms. The number of aliphatic hydroxyl groups excluding tert-OH is 3. The van der Waals surface area contributed by atoms with E-state index in [0.29, 0.717) is 6.54 Å². The van der Waals surface area contributed by atoms with Gasteiger partial charge in [-0.2, -0.15) is 0 Å². The first kappa shape index (κ1) is 15.4. The van der Waals surface area contributed by atoms with Gasteiger partial charge in [-0.05, 0) is 13.0 Å². The average Bonchev–Trinajstić information content (AvgIpc) is 3.10. The number of nitrogens with zero attached hydrogens (tertiary/aromatic N) is 1. The molecule has 9 heteroatoms. The zero-order chi connectivity index (χ0) is 15.9. The van der Waals surface area contributed by atoms with Crippen molar-refractivity contribution >= 4 is 0 Å². The number of ether oxygens (including phenoxy) is 1. The van der Waals surface area contributed by atoms with Crippen molar-refractivity contribution in [2.45, 2.75) is 36.9 Å². The summed E-state index contributed by atoms with van der Waals surface area (Å²) in [6.45, 7) is 0.916. The molecule has 0 spiro atoms. The van der Waals surface area contributed by atoms with Crippen LogP contribution in [-0.2, 0) is 4.74 Å². The van der Waals surface area contributed by atoms with Crippen molar-refractivity contribution in [2.75, 3.05) is 19.7 Å². The molecule has 2 aliphatic rings. The van der Waals surface area contributed by atoms with Gasteiger partial charge in [-0.15, -0.1) is 0 Å². The van der Waals surface area contributed by atoms with Crippen molar-refractivity contribution < 1.29 is 20.1 Å². The Kier molecular flexibility index (Phi) is 4.15. The van der Waals surface area contributed by atoms with Crippen molar-refractivity contribution in [1.82, 2.24) is 14.9 Å². The van der Waals surface area contributed by atoms with Gasteiger partial charge >= 0.3 is 5.69 Å². The van der Waals surface area contributed by atoms with Crippen molar-refractivity contribution in [3.8, 4) is 0 Å². The minimum absolute atomic E-state index is 0.0639. The fourth-order valence-corrected chi connectivity index (χ4v) is 3.01. The Morgan fingerprint density at radius 1 is 1.32 bits per heavy atom. The van der Waals surface area contributed by atoms with Crippen molar-refractivity contribution in [3.63, 3.8) is 0 Å². The normalized spacial score (nSPS) is 35.1. The summed E-state index contributed by atoms with van der Waals surface area (Å²) < 4.78 is 6.77. The van der Waals surface area contributed by atoms with Crippen molar-refractivity contribution in [3.05, 3.63) is 32.6 Å². The van der Waals surface area contributed by atoms with Crippen molar-refractivity contribution in [1.29, 1.82) is 0 Å². The second-order valence-corrected chi connectivity index (χ2v) is 5.66. The lowest BCUT2D eigenvalue weighted by atomic mass is 10.0. The zero-order valence-electron chi connectivity index (χ0n) is 11.8. The smallest absolute Gasteiger partial charge is 0.328 e. The maximum atomic E-state index is 12.0.